The Morgan fingerprint density at radius 2 is 1.25 bits per heavy atom. The first-order chi connectivity index (χ1) is 11.6. The maximum Gasteiger partial charge on any atom is 0.162 e. The Labute approximate surface area is 145 Å². The molecule has 0 spiro atoms. The standard InChI is InChI=1S/C21H33F3/c1-2-3-4-5-11-16-19(22)21(24)20(23)17-12-7-10-15-18-13-8-6-9-14-18/h6,8-9,13-14,19-21H,2-5,7,10-12,15-17H2,1H3/t19-,20+,21+/m1/s1. The molecule has 0 unspecified atom stereocenters. The highest BCUT2D eigenvalue weighted by atomic mass is 19.2. The molecule has 1 aromatic rings. The number of unbranched alkanes of at least 4 members (excludes halogenated alkanes) is 6. The van der Waals surface area contributed by atoms with Gasteiger partial charge in [-0.15, -0.1) is 0 Å². The zero-order valence-electron chi connectivity index (χ0n) is 15.0. The smallest absolute Gasteiger partial charge is 0.162 e. The first-order valence-corrected chi connectivity index (χ1v) is 9.61. The highest BCUT2D eigenvalue weighted by Crippen LogP contribution is 2.22. The first-order valence-electron chi connectivity index (χ1n) is 9.61. The Hall–Kier alpha value is -0.990. The van der Waals surface area contributed by atoms with Crippen molar-refractivity contribution in [2.24, 2.45) is 0 Å². The first kappa shape index (κ1) is 21.1. The quantitative estimate of drug-likeness (QED) is 0.314. The number of hydrogen-bond acceptors (Lipinski definition) is 0. The summed E-state index contributed by atoms with van der Waals surface area (Å²) in [6.07, 6.45) is 3.31. The Kier molecular flexibility index (Phi) is 11.7. The molecule has 0 N–H and O–H groups in total. The van der Waals surface area contributed by atoms with E-state index in [2.05, 4.69) is 19.1 Å². The normalized spacial score (nSPS) is 15.2. The van der Waals surface area contributed by atoms with Gasteiger partial charge in [0, 0.05) is 0 Å². The third-order valence-corrected chi connectivity index (χ3v) is 4.56. The number of aryl methyl sites for hydroxylation is 1. The molecular weight excluding hydrogens is 309 g/mol. The molecule has 0 radical (unpaired) electrons. The second kappa shape index (κ2) is 13.3. The summed E-state index contributed by atoms with van der Waals surface area (Å²) in [5.74, 6) is 0. The fourth-order valence-electron chi connectivity index (χ4n) is 2.98. The third-order valence-electron chi connectivity index (χ3n) is 4.56. The summed E-state index contributed by atoms with van der Waals surface area (Å²) in [7, 11) is 0. The van der Waals surface area contributed by atoms with Gasteiger partial charge in [-0.1, -0.05) is 82.2 Å². The van der Waals surface area contributed by atoms with Crippen LogP contribution in [-0.2, 0) is 6.42 Å². The minimum absolute atomic E-state index is 0.131. The topological polar surface area (TPSA) is 0 Å². The molecule has 0 heterocycles. The molecule has 3 atom stereocenters. The number of halogens is 3. The lowest BCUT2D eigenvalue weighted by Crippen LogP contribution is -2.28. The van der Waals surface area contributed by atoms with Gasteiger partial charge in [-0.25, -0.2) is 13.2 Å². The molecule has 0 saturated heterocycles. The number of alkyl halides is 3. The van der Waals surface area contributed by atoms with Crippen LogP contribution in [0, 0.1) is 0 Å². The van der Waals surface area contributed by atoms with Gasteiger partial charge in [0.1, 0.15) is 12.3 Å². The predicted molar refractivity (Wildman–Crippen MR) is 96.7 cm³/mol. The van der Waals surface area contributed by atoms with Crippen molar-refractivity contribution in [2.75, 3.05) is 0 Å². The molecule has 0 aliphatic heterocycles. The van der Waals surface area contributed by atoms with Crippen LogP contribution in [0.15, 0.2) is 30.3 Å². The van der Waals surface area contributed by atoms with Gasteiger partial charge >= 0.3 is 0 Å². The van der Waals surface area contributed by atoms with E-state index in [0.29, 0.717) is 12.8 Å². The summed E-state index contributed by atoms with van der Waals surface area (Å²) in [5.41, 5.74) is 1.27. The molecule has 0 fully saturated rings. The van der Waals surface area contributed by atoms with Crippen LogP contribution in [0.5, 0.6) is 0 Å². The third kappa shape index (κ3) is 9.34. The van der Waals surface area contributed by atoms with E-state index >= 15 is 0 Å². The van der Waals surface area contributed by atoms with Crippen molar-refractivity contribution in [1.29, 1.82) is 0 Å². The summed E-state index contributed by atoms with van der Waals surface area (Å²) in [4.78, 5) is 0. The zero-order chi connectivity index (χ0) is 17.6. The highest BCUT2D eigenvalue weighted by molar-refractivity contribution is 5.14. The molecule has 0 aliphatic rings. The SMILES string of the molecule is CCCCCCC[C@@H](F)[C@H](F)[C@@H](F)CCCCCc1ccccc1. The van der Waals surface area contributed by atoms with Crippen LogP contribution in [-0.4, -0.2) is 18.5 Å². The van der Waals surface area contributed by atoms with Gasteiger partial charge in [-0.3, -0.25) is 0 Å². The number of hydrogen-bond donors (Lipinski definition) is 0. The van der Waals surface area contributed by atoms with Crippen molar-refractivity contribution < 1.29 is 13.2 Å². The Morgan fingerprint density at radius 3 is 1.83 bits per heavy atom. The summed E-state index contributed by atoms with van der Waals surface area (Å²) in [5, 5.41) is 0. The molecule has 0 aliphatic carbocycles. The number of benzene rings is 1. The summed E-state index contributed by atoms with van der Waals surface area (Å²) >= 11 is 0. The number of rotatable bonds is 14. The molecule has 0 saturated carbocycles. The van der Waals surface area contributed by atoms with E-state index in [1.54, 1.807) is 0 Å². The lowest BCUT2D eigenvalue weighted by Gasteiger charge is -2.17. The maximum absolute atomic E-state index is 13.8. The van der Waals surface area contributed by atoms with Crippen molar-refractivity contribution in [3.8, 4) is 0 Å². The average Bonchev–Trinajstić information content (AvgIpc) is 2.61. The molecule has 1 rings (SSSR count). The van der Waals surface area contributed by atoms with Crippen LogP contribution in [0.3, 0.4) is 0 Å². The van der Waals surface area contributed by atoms with E-state index in [1.165, 1.54) is 5.56 Å². The highest BCUT2D eigenvalue weighted by Gasteiger charge is 2.28. The molecule has 24 heavy (non-hydrogen) atoms. The minimum atomic E-state index is -1.95. The fraction of sp³-hybridized carbons (Fsp3) is 0.714. The monoisotopic (exact) mass is 342 g/mol. The molecule has 0 aromatic heterocycles. The van der Waals surface area contributed by atoms with Crippen LogP contribution < -0.4 is 0 Å². The second-order valence-electron chi connectivity index (χ2n) is 6.76. The molecule has 0 nitrogen and oxygen atoms in total. The lowest BCUT2D eigenvalue weighted by atomic mass is 9.99. The van der Waals surface area contributed by atoms with Crippen molar-refractivity contribution >= 4 is 0 Å². The molecule has 0 bridgehead atoms. The van der Waals surface area contributed by atoms with Crippen LogP contribution in [0.2, 0.25) is 0 Å². The van der Waals surface area contributed by atoms with Gasteiger partial charge in [-0.05, 0) is 31.2 Å². The van der Waals surface area contributed by atoms with Gasteiger partial charge in [0.25, 0.3) is 0 Å². The van der Waals surface area contributed by atoms with E-state index in [0.717, 1.165) is 44.9 Å². The van der Waals surface area contributed by atoms with Gasteiger partial charge < -0.3 is 0 Å². The Balaban J connectivity index is 2.07. The van der Waals surface area contributed by atoms with Crippen LogP contribution in [0.25, 0.3) is 0 Å². The zero-order valence-corrected chi connectivity index (χ0v) is 15.0. The van der Waals surface area contributed by atoms with Crippen molar-refractivity contribution in [3.63, 3.8) is 0 Å². The van der Waals surface area contributed by atoms with Crippen LogP contribution >= 0.6 is 0 Å². The van der Waals surface area contributed by atoms with Crippen molar-refractivity contribution in [3.05, 3.63) is 35.9 Å². The molecule has 1 aromatic carbocycles. The van der Waals surface area contributed by atoms with Gasteiger partial charge in [0.15, 0.2) is 6.17 Å². The second-order valence-corrected chi connectivity index (χ2v) is 6.76. The van der Waals surface area contributed by atoms with Gasteiger partial charge in [0.2, 0.25) is 0 Å². The summed E-state index contributed by atoms with van der Waals surface area (Å²) in [6, 6.07) is 10.1. The minimum Gasteiger partial charge on any atom is -0.244 e. The van der Waals surface area contributed by atoms with E-state index in [1.807, 2.05) is 18.2 Å². The molecule has 3 heteroatoms. The molecule has 0 amide bonds. The Morgan fingerprint density at radius 1 is 0.708 bits per heavy atom. The van der Waals surface area contributed by atoms with Gasteiger partial charge in [-0.2, -0.15) is 0 Å². The van der Waals surface area contributed by atoms with E-state index in [9.17, 15) is 13.2 Å². The molecule has 138 valence electrons. The van der Waals surface area contributed by atoms with Crippen molar-refractivity contribution in [2.45, 2.75) is 96.1 Å². The summed E-state index contributed by atoms with van der Waals surface area (Å²) in [6.45, 7) is 2.11. The fourth-order valence-corrected chi connectivity index (χ4v) is 2.98. The van der Waals surface area contributed by atoms with Crippen LogP contribution in [0.1, 0.15) is 76.7 Å². The van der Waals surface area contributed by atoms with E-state index in [4.69, 9.17) is 0 Å². The van der Waals surface area contributed by atoms with Crippen LogP contribution in [0.4, 0.5) is 13.2 Å². The maximum atomic E-state index is 13.8. The largest absolute Gasteiger partial charge is 0.244 e. The summed E-state index contributed by atoms with van der Waals surface area (Å²) < 4.78 is 41.3. The Bertz CT molecular complexity index is 393. The lowest BCUT2D eigenvalue weighted by molar-refractivity contribution is 0.0699. The van der Waals surface area contributed by atoms with Crippen molar-refractivity contribution in [1.82, 2.24) is 0 Å². The average molecular weight is 342 g/mol. The van der Waals surface area contributed by atoms with E-state index in [-0.39, 0.29) is 12.8 Å². The van der Waals surface area contributed by atoms with E-state index < -0.39 is 18.5 Å². The predicted octanol–water partition coefficient (Wildman–Crippen LogP) is 7.16. The molecular formula is C21H33F3. The van der Waals surface area contributed by atoms with Gasteiger partial charge in [0.05, 0.1) is 0 Å².